The smallest absolute Gasteiger partial charge is 0.247 e. The van der Waals surface area contributed by atoms with Gasteiger partial charge in [0.05, 0.1) is 0 Å². The van der Waals surface area contributed by atoms with Crippen molar-refractivity contribution < 1.29 is 4.79 Å². The first-order valence-corrected chi connectivity index (χ1v) is 6.67. The van der Waals surface area contributed by atoms with Gasteiger partial charge < -0.3 is 5.32 Å². The zero-order valence-electron chi connectivity index (χ0n) is 11.9. The highest BCUT2D eigenvalue weighted by molar-refractivity contribution is 5.99. The van der Waals surface area contributed by atoms with Crippen LogP contribution in [0.2, 0.25) is 0 Å². The molecule has 0 saturated heterocycles. The van der Waals surface area contributed by atoms with E-state index in [1.165, 1.54) is 22.8 Å². The van der Waals surface area contributed by atoms with Gasteiger partial charge in [0.25, 0.3) is 0 Å². The molecule has 2 rings (SSSR count). The summed E-state index contributed by atoms with van der Waals surface area (Å²) < 4.78 is 0. The molecule has 0 aliphatic heterocycles. The minimum atomic E-state index is -0.180. The Balaban J connectivity index is 2.32. The molecule has 2 heteroatoms. The monoisotopic (exact) mass is 265 g/mol. The van der Waals surface area contributed by atoms with Gasteiger partial charge in [0.15, 0.2) is 0 Å². The second kappa shape index (κ2) is 6.20. The fraction of sp³-hybridized carbons (Fsp3) is 0.167. The van der Waals surface area contributed by atoms with E-state index in [2.05, 4.69) is 56.1 Å². The first-order chi connectivity index (χ1) is 9.60. The van der Waals surface area contributed by atoms with Crippen LogP contribution in [0.1, 0.15) is 22.3 Å². The minimum absolute atomic E-state index is 0.180. The average molecular weight is 265 g/mol. The van der Waals surface area contributed by atoms with E-state index in [9.17, 15) is 4.79 Å². The third-order valence-electron chi connectivity index (χ3n) is 3.36. The maximum atomic E-state index is 11.5. The first kappa shape index (κ1) is 14.1. The van der Waals surface area contributed by atoms with Crippen molar-refractivity contribution in [3.05, 3.63) is 77.4 Å². The SMILES string of the molecule is C=CC(=O)Nc1cccc(C)c1Cc1ccc(C)cc1. The molecule has 0 aromatic heterocycles. The average Bonchev–Trinajstić information content (AvgIpc) is 2.44. The number of rotatable bonds is 4. The lowest BCUT2D eigenvalue weighted by atomic mass is 9.98. The molecule has 0 aliphatic carbocycles. The highest BCUT2D eigenvalue weighted by Crippen LogP contribution is 2.23. The number of carbonyl (C=O) groups is 1. The van der Waals surface area contributed by atoms with E-state index in [0.29, 0.717) is 0 Å². The van der Waals surface area contributed by atoms with Gasteiger partial charge in [0.2, 0.25) is 5.91 Å². The molecule has 0 saturated carbocycles. The van der Waals surface area contributed by atoms with Gasteiger partial charge in [-0.1, -0.05) is 48.5 Å². The molecule has 2 aromatic rings. The Kier molecular flexibility index (Phi) is 4.36. The van der Waals surface area contributed by atoms with Crippen LogP contribution in [-0.4, -0.2) is 5.91 Å². The highest BCUT2D eigenvalue weighted by atomic mass is 16.1. The Bertz CT molecular complexity index is 626. The predicted octanol–water partition coefficient (Wildman–Crippen LogP) is 4.02. The standard InChI is InChI=1S/C18H19NO/c1-4-18(20)19-17-7-5-6-14(3)16(17)12-15-10-8-13(2)9-11-15/h4-11H,1,12H2,2-3H3,(H,19,20). The van der Waals surface area contributed by atoms with Crippen molar-refractivity contribution in [1.29, 1.82) is 0 Å². The number of nitrogens with one attached hydrogen (secondary N) is 1. The number of hydrogen-bond donors (Lipinski definition) is 1. The lowest BCUT2D eigenvalue weighted by molar-refractivity contribution is -0.111. The van der Waals surface area contributed by atoms with Gasteiger partial charge in [-0.3, -0.25) is 4.79 Å². The first-order valence-electron chi connectivity index (χ1n) is 6.67. The number of anilines is 1. The molecule has 0 bridgehead atoms. The summed E-state index contributed by atoms with van der Waals surface area (Å²) in [6, 6.07) is 14.4. The van der Waals surface area contributed by atoms with Crippen LogP contribution in [0.3, 0.4) is 0 Å². The number of aryl methyl sites for hydroxylation is 2. The molecule has 0 atom stereocenters. The van der Waals surface area contributed by atoms with Gasteiger partial charge in [-0.05, 0) is 49.1 Å². The van der Waals surface area contributed by atoms with E-state index in [0.717, 1.165) is 17.7 Å². The Labute approximate surface area is 120 Å². The van der Waals surface area contributed by atoms with Gasteiger partial charge in [-0.15, -0.1) is 0 Å². The van der Waals surface area contributed by atoms with Crippen LogP contribution in [0.15, 0.2) is 55.1 Å². The summed E-state index contributed by atoms with van der Waals surface area (Å²) in [5, 5.41) is 2.88. The lowest BCUT2D eigenvalue weighted by Gasteiger charge is -2.13. The zero-order chi connectivity index (χ0) is 14.5. The largest absolute Gasteiger partial charge is 0.322 e. The zero-order valence-corrected chi connectivity index (χ0v) is 11.9. The Morgan fingerprint density at radius 1 is 1.15 bits per heavy atom. The summed E-state index contributed by atoms with van der Waals surface area (Å²) in [6.45, 7) is 7.63. The molecular weight excluding hydrogens is 246 g/mol. The molecule has 0 fully saturated rings. The van der Waals surface area contributed by atoms with Gasteiger partial charge in [0.1, 0.15) is 0 Å². The lowest BCUT2D eigenvalue weighted by Crippen LogP contribution is -2.10. The third-order valence-corrected chi connectivity index (χ3v) is 3.36. The third kappa shape index (κ3) is 3.35. The van der Waals surface area contributed by atoms with Crippen LogP contribution < -0.4 is 5.32 Å². The van der Waals surface area contributed by atoms with Gasteiger partial charge in [-0.25, -0.2) is 0 Å². The van der Waals surface area contributed by atoms with E-state index in [1.807, 2.05) is 12.1 Å². The van der Waals surface area contributed by atoms with Crippen LogP contribution in [0.5, 0.6) is 0 Å². The Morgan fingerprint density at radius 3 is 2.50 bits per heavy atom. The fourth-order valence-corrected chi connectivity index (χ4v) is 2.15. The van der Waals surface area contributed by atoms with Crippen molar-refractivity contribution in [2.24, 2.45) is 0 Å². The summed E-state index contributed by atoms with van der Waals surface area (Å²) in [4.78, 5) is 11.5. The second-order valence-electron chi connectivity index (χ2n) is 4.96. The highest BCUT2D eigenvalue weighted by Gasteiger charge is 2.08. The molecule has 2 aromatic carbocycles. The van der Waals surface area contributed by atoms with E-state index in [4.69, 9.17) is 0 Å². The molecule has 0 radical (unpaired) electrons. The second-order valence-corrected chi connectivity index (χ2v) is 4.96. The molecule has 0 unspecified atom stereocenters. The van der Waals surface area contributed by atoms with Crippen molar-refractivity contribution in [3.63, 3.8) is 0 Å². The molecule has 0 spiro atoms. The van der Waals surface area contributed by atoms with Crippen LogP contribution >= 0.6 is 0 Å². The summed E-state index contributed by atoms with van der Waals surface area (Å²) in [5.41, 5.74) is 5.66. The normalized spacial score (nSPS) is 10.1. The van der Waals surface area contributed by atoms with Crippen LogP contribution in [0, 0.1) is 13.8 Å². The van der Waals surface area contributed by atoms with E-state index < -0.39 is 0 Å². The maximum absolute atomic E-state index is 11.5. The molecule has 1 N–H and O–H groups in total. The van der Waals surface area contributed by atoms with Crippen molar-refractivity contribution in [2.75, 3.05) is 5.32 Å². The number of amides is 1. The van der Waals surface area contributed by atoms with Crippen LogP contribution in [0.25, 0.3) is 0 Å². The molecular formula is C18H19NO. The number of hydrogen-bond acceptors (Lipinski definition) is 1. The summed E-state index contributed by atoms with van der Waals surface area (Å²) >= 11 is 0. The summed E-state index contributed by atoms with van der Waals surface area (Å²) in [7, 11) is 0. The van der Waals surface area contributed by atoms with Crippen molar-refractivity contribution >= 4 is 11.6 Å². The van der Waals surface area contributed by atoms with Gasteiger partial charge >= 0.3 is 0 Å². The number of benzene rings is 2. The predicted molar refractivity (Wildman–Crippen MR) is 84.0 cm³/mol. The molecule has 20 heavy (non-hydrogen) atoms. The molecule has 0 aliphatic rings. The fourth-order valence-electron chi connectivity index (χ4n) is 2.15. The molecule has 0 heterocycles. The van der Waals surface area contributed by atoms with E-state index in [-0.39, 0.29) is 5.91 Å². The van der Waals surface area contributed by atoms with E-state index >= 15 is 0 Å². The van der Waals surface area contributed by atoms with Crippen molar-refractivity contribution in [2.45, 2.75) is 20.3 Å². The van der Waals surface area contributed by atoms with Crippen LogP contribution in [-0.2, 0) is 11.2 Å². The van der Waals surface area contributed by atoms with Crippen molar-refractivity contribution in [3.8, 4) is 0 Å². The van der Waals surface area contributed by atoms with Gasteiger partial charge in [0, 0.05) is 5.69 Å². The van der Waals surface area contributed by atoms with E-state index in [1.54, 1.807) is 0 Å². The van der Waals surface area contributed by atoms with Gasteiger partial charge in [-0.2, -0.15) is 0 Å². The summed E-state index contributed by atoms with van der Waals surface area (Å²) in [6.07, 6.45) is 2.09. The maximum Gasteiger partial charge on any atom is 0.247 e. The Hall–Kier alpha value is -2.35. The summed E-state index contributed by atoms with van der Waals surface area (Å²) in [5.74, 6) is -0.180. The molecule has 1 amide bonds. The topological polar surface area (TPSA) is 29.1 Å². The quantitative estimate of drug-likeness (QED) is 0.831. The van der Waals surface area contributed by atoms with Crippen molar-refractivity contribution in [1.82, 2.24) is 0 Å². The molecule has 2 nitrogen and oxygen atoms in total. The minimum Gasteiger partial charge on any atom is -0.322 e. The Morgan fingerprint density at radius 2 is 1.85 bits per heavy atom. The molecule has 102 valence electrons. The van der Waals surface area contributed by atoms with Crippen LogP contribution in [0.4, 0.5) is 5.69 Å². The number of carbonyl (C=O) groups excluding carboxylic acids is 1.